The van der Waals surface area contributed by atoms with Crippen LogP contribution in [0.1, 0.15) is 43.2 Å². The van der Waals surface area contributed by atoms with Crippen LogP contribution in [0.4, 0.5) is 11.4 Å². The van der Waals surface area contributed by atoms with Crippen molar-refractivity contribution in [1.82, 2.24) is 0 Å². The van der Waals surface area contributed by atoms with Gasteiger partial charge < -0.3 is 9.64 Å². The summed E-state index contributed by atoms with van der Waals surface area (Å²) in [6.45, 7) is 4.26. The summed E-state index contributed by atoms with van der Waals surface area (Å²) in [4.78, 5) is 12.7. The number of nitrogens with zero attached hydrogens (tertiary/aromatic N) is 3. The molecule has 0 amide bonds. The predicted molar refractivity (Wildman–Crippen MR) is 125 cm³/mol. The van der Waals surface area contributed by atoms with Crippen molar-refractivity contribution in [3.05, 3.63) is 53.6 Å². The van der Waals surface area contributed by atoms with E-state index in [1.807, 2.05) is 12.1 Å². The lowest BCUT2D eigenvalue weighted by Gasteiger charge is -2.42. The number of methoxy groups -OCH3 is 1. The Bertz CT molecular complexity index is 940. The van der Waals surface area contributed by atoms with Crippen LogP contribution >= 0.6 is 11.8 Å². The van der Waals surface area contributed by atoms with Crippen LogP contribution in [-0.4, -0.2) is 29.9 Å². The first-order valence-corrected chi connectivity index (χ1v) is 11.5. The molecule has 1 aliphatic carbocycles. The highest BCUT2D eigenvalue weighted by Crippen LogP contribution is 2.47. The number of ether oxygens (including phenoxy) is 1. The molecule has 0 aromatic heterocycles. The van der Waals surface area contributed by atoms with Gasteiger partial charge >= 0.3 is 0 Å². The van der Waals surface area contributed by atoms with Crippen molar-refractivity contribution >= 4 is 34.1 Å². The van der Waals surface area contributed by atoms with Crippen LogP contribution in [0.3, 0.4) is 0 Å². The summed E-state index contributed by atoms with van der Waals surface area (Å²) in [5.41, 5.74) is 4.32. The molecule has 29 heavy (non-hydrogen) atoms. The zero-order chi connectivity index (χ0) is 20.4. The van der Waals surface area contributed by atoms with Gasteiger partial charge in [0.15, 0.2) is 11.0 Å². The van der Waals surface area contributed by atoms with Crippen LogP contribution in [0.25, 0.3) is 0 Å². The zero-order valence-electron chi connectivity index (χ0n) is 17.7. The second-order valence-corrected chi connectivity index (χ2v) is 8.65. The van der Waals surface area contributed by atoms with Crippen LogP contribution in [0.2, 0.25) is 0 Å². The lowest BCUT2D eigenvalue weighted by molar-refractivity contribution is 0.377. The fraction of sp³-hybridized carbons (Fsp3) is 0.417. The van der Waals surface area contributed by atoms with Crippen LogP contribution in [0, 0.1) is 13.8 Å². The number of benzene rings is 2. The van der Waals surface area contributed by atoms with Gasteiger partial charge in [0.2, 0.25) is 0 Å². The number of aliphatic imine (C=N–C) groups is 2. The summed E-state index contributed by atoms with van der Waals surface area (Å²) in [6, 6.07) is 14.6. The Morgan fingerprint density at radius 2 is 1.69 bits per heavy atom. The van der Waals surface area contributed by atoms with E-state index >= 15 is 0 Å². The normalized spacial score (nSPS) is 19.7. The second-order valence-electron chi connectivity index (χ2n) is 7.87. The molecule has 1 fully saturated rings. The molecular formula is C24H29N3OS. The van der Waals surface area contributed by atoms with Gasteiger partial charge in [0.05, 0.1) is 18.5 Å². The largest absolute Gasteiger partial charge is 0.495 e. The quantitative estimate of drug-likeness (QED) is 0.600. The minimum absolute atomic E-state index is 0.208. The van der Waals surface area contributed by atoms with Crippen molar-refractivity contribution in [2.45, 2.75) is 51.5 Å². The number of rotatable bonds is 3. The summed E-state index contributed by atoms with van der Waals surface area (Å²) in [5, 5.41) is 1.00. The van der Waals surface area contributed by atoms with E-state index in [4.69, 9.17) is 14.7 Å². The Kier molecular flexibility index (Phi) is 5.68. The van der Waals surface area contributed by atoms with Crippen molar-refractivity contribution in [2.24, 2.45) is 9.98 Å². The lowest BCUT2D eigenvalue weighted by Crippen LogP contribution is -2.52. The average molecular weight is 408 g/mol. The van der Waals surface area contributed by atoms with Gasteiger partial charge in [-0.3, -0.25) is 0 Å². The van der Waals surface area contributed by atoms with Crippen LogP contribution in [0.15, 0.2) is 52.4 Å². The van der Waals surface area contributed by atoms with Gasteiger partial charge in [-0.1, -0.05) is 61.4 Å². The van der Waals surface area contributed by atoms with E-state index in [1.54, 1.807) is 18.9 Å². The average Bonchev–Trinajstić information content (AvgIpc) is 3.03. The molecule has 1 spiro atoms. The van der Waals surface area contributed by atoms with Gasteiger partial charge in [0.1, 0.15) is 11.3 Å². The molecule has 4 nitrogen and oxygen atoms in total. The first-order chi connectivity index (χ1) is 14.1. The summed E-state index contributed by atoms with van der Waals surface area (Å²) in [7, 11) is 1.74. The third kappa shape index (κ3) is 3.46. The van der Waals surface area contributed by atoms with Gasteiger partial charge in [0.25, 0.3) is 0 Å². The fourth-order valence-electron chi connectivity index (χ4n) is 4.61. The van der Waals surface area contributed by atoms with Gasteiger partial charge in [-0.15, -0.1) is 0 Å². The molecule has 0 N–H and O–H groups in total. The minimum atomic E-state index is -0.208. The van der Waals surface area contributed by atoms with Crippen molar-refractivity contribution in [2.75, 3.05) is 18.3 Å². The minimum Gasteiger partial charge on any atom is -0.495 e. The van der Waals surface area contributed by atoms with E-state index in [0.29, 0.717) is 0 Å². The van der Waals surface area contributed by atoms with Gasteiger partial charge in [-0.25, -0.2) is 9.98 Å². The Balaban J connectivity index is 1.91. The van der Waals surface area contributed by atoms with Crippen molar-refractivity contribution in [1.29, 1.82) is 0 Å². The van der Waals surface area contributed by atoms with Gasteiger partial charge in [0, 0.05) is 0 Å². The highest BCUT2D eigenvalue weighted by Gasteiger charge is 2.50. The van der Waals surface area contributed by atoms with E-state index in [9.17, 15) is 0 Å². The lowest BCUT2D eigenvalue weighted by atomic mass is 9.79. The van der Waals surface area contributed by atoms with Crippen LogP contribution in [0.5, 0.6) is 5.75 Å². The van der Waals surface area contributed by atoms with Gasteiger partial charge in [-0.2, -0.15) is 0 Å². The maximum Gasteiger partial charge on any atom is 0.171 e. The highest BCUT2D eigenvalue weighted by molar-refractivity contribution is 8.13. The third-order valence-electron chi connectivity index (χ3n) is 6.08. The van der Waals surface area contributed by atoms with Crippen molar-refractivity contribution in [3.8, 4) is 5.75 Å². The van der Waals surface area contributed by atoms with Gasteiger partial charge in [-0.05, 0) is 56.2 Å². The maximum absolute atomic E-state index is 5.73. The second kappa shape index (κ2) is 8.23. The Labute approximate surface area is 178 Å². The predicted octanol–water partition coefficient (Wildman–Crippen LogP) is 6.28. The number of anilines is 1. The number of amidine groups is 2. The number of aryl methyl sites for hydroxylation is 2. The topological polar surface area (TPSA) is 37.2 Å². The molecule has 5 heteroatoms. The molecule has 4 rings (SSSR count). The first kappa shape index (κ1) is 20.0. The monoisotopic (exact) mass is 407 g/mol. The first-order valence-electron chi connectivity index (χ1n) is 10.3. The number of hydrogen-bond donors (Lipinski definition) is 0. The standard InChI is InChI=1S/C24H29N3OS/c1-17-11-10-12-18(2)21(17)25-22-24(15-8-5-9-16-24)27(23(26-22)29-4)19-13-6-7-14-20(19)28-3/h6-7,10-14H,5,8-9,15-16H2,1-4H3. The maximum atomic E-state index is 5.73. The number of para-hydroxylation sites is 3. The third-order valence-corrected chi connectivity index (χ3v) is 6.72. The number of hydrogen-bond acceptors (Lipinski definition) is 4. The van der Waals surface area contributed by atoms with E-state index in [-0.39, 0.29) is 5.54 Å². The summed E-state index contributed by atoms with van der Waals surface area (Å²) in [5.74, 6) is 1.83. The molecule has 0 atom stereocenters. The molecule has 0 radical (unpaired) electrons. The molecule has 152 valence electrons. The van der Waals surface area contributed by atoms with Crippen molar-refractivity contribution < 1.29 is 4.74 Å². The zero-order valence-corrected chi connectivity index (χ0v) is 18.6. The molecule has 0 unspecified atom stereocenters. The molecule has 2 aromatic rings. The molecular weight excluding hydrogens is 378 g/mol. The molecule has 1 aliphatic heterocycles. The van der Waals surface area contributed by atoms with E-state index in [1.165, 1.54) is 30.4 Å². The van der Waals surface area contributed by atoms with E-state index < -0.39 is 0 Å². The summed E-state index contributed by atoms with van der Waals surface area (Å²) in [6.07, 6.45) is 7.86. The Morgan fingerprint density at radius 1 is 1.00 bits per heavy atom. The smallest absolute Gasteiger partial charge is 0.171 e. The molecule has 0 bridgehead atoms. The van der Waals surface area contributed by atoms with E-state index in [0.717, 1.165) is 41.0 Å². The SMILES string of the molecule is COc1ccccc1N1C(SC)=NC(=Nc2c(C)cccc2C)C12CCCCC2. The van der Waals surface area contributed by atoms with Crippen molar-refractivity contribution in [3.63, 3.8) is 0 Å². The molecule has 1 heterocycles. The van der Waals surface area contributed by atoms with Crippen LogP contribution in [-0.2, 0) is 0 Å². The van der Waals surface area contributed by atoms with Crippen LogP contribution < -0.4 is 9.64 Å². The number of thioether (sulfide) groups is 1. The molecule has 2 aliphatic rings. The molecule has 1 saturated carbocycles. The molecule has 2 aromatic carbocycles. The van der Waals surface area contributed by atoms with E-state index in [2.05, 4.69) is 55.3 Å². The highest BCUT2D eigenvalue weighted by atomic mass is 32.2. The summed E-state index contributed by atoms with van der Waals surface area (Å²) < 4.78 is 5.73. The fourth-order valence-corrected chi connectivity index (χ4v) is 5.25. The molecule has 0 saturated heterocycles. The Hall–Kier alpha value is -2.27. The Morgan fingerprint density at radius 3 is 2.34 bits per heavy atom. The summed E-state index contributed by atoms with van der Waals surface area (Å²) >= 11 is 1.68.